The maximum atomic E-state index is 12.6. The lowest BCUT2D eigenvalue weighted by molar-refractivity contribution is -0.115. The number of nitrogens with one attached hydrogen (secondary N) is 1. The van der Waals surface area contributed by atoms with Crippen molar-refractivity contribution >= 4 is 22.7 Å². The second-order valence-electron chi connectivity index (χ2n) is 7.52. The average Bonchev–Trinajstić information content (AvgIpc) is 3.24. The van der Waals surface area contributed by atoms with E-state index in [1.165, 1.54) is 0 Å². The van der Waals surface area contributed by atoms with E-state index in [9.17, 15) is 4.79 Å². The van der Waals surface area contributed by atoms with E-state index in [2.05, 4.69) is 20.3 Å². The monoisotopic (exact) mass is 420 g/mol. The van der Waals surface area contributed by atoms with Crippen LogP contribution >= 0.6 is 0 Å². The van der Waals surface area contributed by atoms with Gasteiger partial charge in [0.1, 0.15) is 11.2 Å². The molecule has 0 bridgehead atoms. The summed E-state index contributed by atoms with van der Waals surface area (Å²) in [6, 6.07) is 23.0. The zero-order chi connectivity index (χ0) is 21.9. The van der Waals surface area contributed by atoms with Gasteiger partial charge in [-0.1, -0.05) is 24.3 Å². The van der Waals surface area contributed by atoms with Crippen LogP contribution in [-0.4, -0.2) is 20.9 Å². The van der Waals surface area contributed by atoms with Crippen molar-refractivity contribution in [3.05, 3.63) is 96.4 Å². The molecule has 32 heavy (non-hydrogen) atoms. The number of oxazole rings is 1. The largest absolute Gasteiger partial charge is 0.435 e. The Labute approximate surface area is 185 Å². The Morgan fingerprint density at radius 2 is 1.78 bits per heavy atom. The highest BCUT2D eigenvalue weighted by molar-refractivity contribution is 5.93. The van der Waals surface area contributed by atoms with Crippen molar-refractivity contribution in [1.29, 1.82) is 0 Å². The minimum Gasteiger partial charge on any atom is -0.435 e. The molecule has 0 unspecified atom stereocenters. The summed E-state index contributed by atoms with van der Waals surface area (Å²) in [5, 5.41) is 2.95. The first-order chi connectivity index (χ1) is 15.6. The minimum absolute atomic E-state index is 0.0923. The van der Waals surface area contributed by atoms with E-state index in [4.69, 9.17) is 4.42 Å². The van der Waals surface area contributed by atoms with Gasteiger partial charge in [-0.25, -0.2) is 4.98 Å². The van der Waals surface area contributed by atoms with Crippen LogP contribution in [0, 0.1) is 6.92 Å². The highest BCUT2D eigenvalue weighted by Crippen LogP contribution is 2.24. The number of carbonyl (C=O) groups is 1. The van der Waals surface area contributed by atoms with E-state index in [0.29, 0.717) is 22.7 Å². The molecule has 0 aliphatic heterocycles. The van der Waals surface area contributed by atoms with Crippen LogP contribution in [0.15, 0.2) is 89.6 Å². The molecule has 0 aliphatic rings. The van der Waals surface area contributed by atoms with Crippen molar-refractivity contribution in [1.82, 2.24) is 15.0 Å². The number of anilines is 1. The van der Waals surface area contributed by atoms with Crippen LogP contribution in [0.5, 0.6) is 0 Å². The molecule has 0 atom stereocenters. The van der Waals surface area contributed by atoms with Gasteiger partial charge in [-0.15, -0.1) is 0 Å². The number of aromatic nitrogens is 3. The van der Waals surface area contributed by atoms with Gasteiger partial charge in [0, 0.05) is 23.8 Å². The number of benzene rings is 2. The van der Waals surface area contributed by atoms with Crippen molar-refractivity contribution < 1.29 is 9.21 Å². The van der Waals surface area contributed by atoms with Crippen LogP contribution in [-0.2, 0) is 11.2 Å². The fourth-order valence-electron chi connectivity index (χ4n) is 3.54. The summed E-state index contributed by atoms with van der Waals surface area (Å²) >= 11 is 0. The van der Waals surface area contributed by atoms with E-state index < -0.39 is 0 Å². The third-order valence-corrected chi connectivity index (χ3v) is 5.10. The smallest absolute Gasteiger partial charge is 0.246 e. The average molecular weight is 420 g/mol. The van der Waals surface area contributed by atoms with E-state index in [0.717, 1.165) is 28.1 Å². The first kappa shape index (κ1) is 19.6. The fraction of sp³-hybridized carbons (Fsp3) is 0.0769. The molecule has 3 aromatic heterocycles. The Bertz CT molecular complexity index is 1390. The Balaban J connectivity index is 1.27. The summed E-state index contributed by atoms with van der Waals surface area (Å²) in [5.41, 5.74) is 6.80. The maximum Gasteiger partial charge on any atom is 0.246 e. The molecule has 1 amide bonds. The second kappa shape index (κ2) is 8.43. The summed E-state index contributed by atoms with van der Waals surface area (Å²) in [6.07, 6.45) is 3.74. The van der Waals surface area contributed by atoms with Crippen LogP contribution in [0.4, 0.5) is 5.69 Å². The first-order valence-electron chi connectivity index (χ1n) is 10.3. The van der Waals surface area contributed by atoms with Gasteiger partial charge < -0.3 is 9.73 Å². The maximum absolute atomic E-state index is 12.6. The van der Waals surface area contributed by atoms with Gasteiger partial charge in [0.15, 0.2) is 5.58 Å². The number of hydrogen-bond donors (Lipinski definition) is 1. The molecule has 1 N–H and O–H groups in total. The number of fused-ring (bicyclic) bond motifs is 1. The topological polar surface area (TPSA) is 80.9 Å². The van der Waals surface area contributed by atoms with Gasteiger partial charge in [0.2, 0.25) is 11.8 Å². The number of rotatable bonds is 5. The SMILES string of the molecule is Cc1cc(-c2ccc(NC(=O)Cc3ccc4oc(-c5ccccn5)nc4c3)cc2)ccn1. The number of nitrogens with zero attached hydrogens (tertiary/aromatic N) is 3. The van der Waals surface area contributed by atoms with Crippen LogP contribution < -0.4 is 5.32 Å². The Hall–Kier alpha value is -4.32. The molecule has 0 saturated heterocycles. The lowest BCUT2D eigenvalue weighted by Crippen LogP contribution is -2.14. The van der Waals surface area contributed by atoms with Crippen molar-refractivity contribution in [3.8, 4) is 22.7 Å². The second-order valence-corrected chi connectivity index (χ2v) is 7.52. The highest BCUT2D eigenvalue weighted by atomic mass is 16.3. The standard InChI is InChI=1S/C26H20N4O2/c1-17-14-20(11-13-27-17)19-6-8-21(9-7-19)29-25(31)16-18-5-10-24-23(15-18)30-26(32-24)22-4-2-3-12-28-22/h2-15H,16H2,1H3,(H,29,31). The number of amides is 1. The normalized spacial score (nSPS) is 10.9. The van der Waals surface area contributed by atoms with Crippen molar-refractivity contribution in [2.24, 2.45) is 0 Å². The molecular formula is C26H20N4O2. The van der Waals surface area contributed by atoms with Gasteiger partial charge in [0.25, 0.3) is 0 Å². The molecular weight excluding hydrogens is 400 g/mol. The molecule has 3 heterocycles. The molecule has 6 nitrogen and oxygen atoms in total. The summed E-state index contributed by atoms with van der Waals surface area (Å²) in [6.45, 7) is 1.97. The number of pyridine rings is 2. The van der Waals surface area contributed by atoms with E-state index in [1.54, 1.807) is 12.4 Å². The summed E-state index contributed by atoms with van der Waals surface area (Å²) in [4.78, 5) is 25.6. The van der Waals surface area contributed by atoms with Crippen LogP contribution in [0.25, 0.3) is 33.8 Å². The molecule has 2 aromatic carbocycles. The number of hydrogen-bond acceptors (Lipinski definition) is 5. The van der Waals surface area contributed by atoms with Crippen LogP contribution in [0.3, 0.4) is 0 Å². The molecule has 6 heteroatoms. The van der Waals surface area contributed by atoms with E-state index >= 15 is 0 Å². The molecule has 0 spiro atoms. The third-order valence-electron chi connectivity index (χ3n) is 5.10. The molecule has 0 fully saturated rings. The van der Waals surface area contributed by atoms with E-state index in [-0.39, 0.29) is 12.3 Å². The number of aryl methyl sites for hydroxylation is 1. The molecule has 0 saturated carbocycles. The quantitative estimate of drug-likeness (QED) is 0.409. The van der Waals surface area contributed by atoms with E-state index in [1.807, 2.05) is 79.7 Å². The minimum atomic E-state index is -0.0923. The van der Waals surface area contributed by atoms with Gasteiger partial charge >= 0.3 is 0 Å². The van der Waals surface area contributed by atoms with Gasteiger partial charge in [-0.2, -0.15) is 0 Å². The van der Waals surface area contributed by atoms with Crippen molar-refractivity contribution in [2.75, 3.05) is 5.32 Å². The highest BCUT2D eigenvalue weighted by Gasteiger charge is 2.11. The Morgan fingerprint density at radius 1 is 0.906 bits per heavy atom. The molecule has 0 aliphatic carbocycles. The third kappa shape index (κ3) is 4.25. The summed E-state index contributed by atoms with van der Waals surface area (Å²) in [5.74, 6) is 0.372. The predicted octanol–water partition coefficient (Wildman–Crippen LogP) is 5.44. The summed E-state index contributed by atoms with van der Waals surface area (Å²) in [7, 11) is 0. The fourth-order valence-corrected chi connectivity index (χ4v) is 3.54. The molecule has 5 rings (SSSR count). The van der Waals surface area contributed by atoms with Gasteiger partial charge in [0.05, 0.1) is 6.42 Å². The lowest BCUT2D eigenvalue weighted by Gasteiger charge is -2.07. The first-order valence-corrected chi connectivity index (χ1v) is 10.3. The van der Waals surface area contributed by atoms with Crippen molar-refractivity contribution in [2.45, 2.75) is 13.3 Å². The lowest BCUT2D eigenvalue weighted by atomic mass is 10.1. The molecule has 5 aromatic rings. The zero-order valence-corrected chi connectivity index (χ0v) is 17.4. The van der Waals surface area contributed by atoms with Crippen molar-refractivity contribution in [3.63, 3.8) is 0 Å². The van der Waals surface area contributed by atoms with Crippen LogP contribution in [0.2, 0.25) is 0 Å². The van der Waals surface area contributed by atoms with Crippen LogP contribution in [0.1, 0.15) is 11.3 Å². The van der Waals surface area contributed by atoms with Gasteiger partial charge in [-0.3, -0.25) is 14.8 Å². The molecule has 156 valence electrons. The Morgan fingerprint density at radius 3 is 2.56 bits per heavy atom. The number of carbonyl (C=O) groups excluding carboxylic acids is 1. The predicted molar refractivity (Wildman–Crippen MR) is 124 cm³/mol. The molecule has 0 radical (unpaired) electrons. The Kier molecular flexibility index (Phi) is 5.17. The van der Waals surface area contributed by atoms with Gasteiger partial charge in [-0.05, 0) is 72.1 Å². The summed E-state index contributed by atoms with van der Waals surface area (Å²) < 4.78 is 5.79. The zero-order valence-electron chi connectivity index (χ0n) is 17.4.